The van der Waals surface area contributed by atoms with Gasteiger partial charge in [0.25, 0.3) is 0 Å². The van der Waals surface area contributed by atoms with E-state index in [-0.39, 0.29) is 11.8 Å². The van der Waals surface area contributed by atoms with Crippen molar-refractivity contribution < 1.29 is 4.79 Å². The van der Waals surface area contributed by atoms with Gasteiger partial charge in [-0.3, -0.25) is 4.79 Å². The molecule has 1 rings (SSSR count). The smallest absolute Gasteiger partial charge is 0.227 e. The molecule has 0 aliphatic rings. The monoisotopic (exact) mass is 345 g/mol. The maximum Gasteiger partial charge on any atom is 0.227 e. The van der Waals surface area contributed by atoms with E-state index in [9.17, 15) is 4.79 Å². The van der Waals surface area contributed by atoms with E-state index >= 15 is 0 Å². The molecular weight excluding hydrogens is 325 g/mol. The largest absolute Gasteiger partial charge is 0.355 e. The average molecular weight is 345 g/mol. The van der Waals surface area contributed by atoms with Gasteiger partial charge in [-0.15, -0.1) is 0 Å². The number of amides is 1. The van der Waals surface area contributed by atoms with E-state index in [1.54, 1.807) is 0 Å². The average Bonchev–Trinajstić information content (AvgIpc) is 2.37. The first-order valence-corrected chi connectivity index (χ1v) is 7.61. The van der Waals surface area contributed by atoms with Gasteiger partial charge in [-0.25, -0.2) is 0 Å². The highest BCUT2D eigenvalue weighted by Gasteiger charge is 2.25. The van der Waals surface area contributed by atoms with E-state index < -0.39 is 0 Å². The molecule has 0 saturated heterocycles. The SMILES string of the molecule is CCC(C)C(C(=O)NCCI)c1ccccc1. The van der Waals surface area contributed by atoms with Crippen LogP contribution in [0.5, 0.6) is 0 Å². The van der Waals surface area contributed by atoms with Crippen LogP contribution in [0, 0.1) is 5.92 Å². The van der Waals surface area contributed by atoms with Gasteiger partial charge in [0.05, 0.1) is 5.92 Å². The molecule has 0 bridgehead atoms. The van der Waals surface area contributed by atoms with Crippen molar-refractivity contribution in [3.05, 3.63) is 35.9 Å². The van der Waals surface area contributed by atoms with Crippen molar-refractivity contribution in [2.24, 2.45) is 5.92 Å². The van der Waals surface area contributed by atoms with Crippen molar-refractivity contribution >= 4 is 28.5 Å². The van der Waals surface area contributed by atoms with Crippen LogP contribution in [0.2, 0.25) is 0 Å². The predicted octanol–water partition coefficient (Wildman–Crippen LogP) is 3.37. The summed E-state index contributed by atoms with van der Waals surface area (Å²) in [6.07, 6.45) is 1.01. The molecule has 0 fully saturated rings. The first-order chi connectivity index (χ1) is 8.20. The Hall–Kier alpha value is -0.580. The molecule has 1 amide bonds. The van der Waals surface area contributed by atoms with Crippen LogP contribution in [0.15, 0.2) is 30.3 Å². The van der Waals surface area contributed by atoms with Crippen LogP contribution in [0.3, 0.4) is 0 Å². The number of carbonyl (C=O) groups excluding carboxylic acids is 1. The highest BCUT2D eigenvalue weighted by Crippen LogP contribution is 2.26. The van der Waals surface area contributed by atoms with Crippen LogP contribution >= 0.6 is 22.6 Å². The summed E-state index contributed by atoms with van der Waals surface area (Å²) in [7, 11) is 0. The molecule has 2 unspecified atom stereocenters. The second-order valence-electron chi connectivity index (χ2n) is 4.25. The first-order valence-electron chi connectivity index (χ1n) is 6.09. The van der Waals surface area contributed by atoms with E-state index in [2.05, 4.69) is 41.8 Å². The molecule has 3 heteroatoms. The number of alkyl halides is 1. The molecule has 0 saturated carbocycles. The third-order valence-corrected chi connectivity index (χ3v) is 3.59. The van der Waals surface area contributed by atoms with Gasteiger partial charge in [-0.1, -0.05) is 73.2 Å². The van der Waals surface area contributed by atoms with Gasteiger partial charge >= 0.3 is 0 Å². The lowest BCUT2D eigenvalue weighted by Gasteiger charge is -2.22. The number of halogens is 1. The standard InChI is InChI=1S/C14H20INO/c1-3-11(2)13(14(17)16-10-9-15)12-7-5-4-6-8-12/h4-8,11,13H,3,9-10H2,1-2H3,(H,16,17). The summed E-state index contributed by atoms with van der Waals surface area (Å²) < 4.78 is 0.950. The van der Waals surface area contributed by atoms with Crippen molar-refractivity contribution in [3.8, 4) is 0 Å². The quantitative estimate of drug-likeness (QED) is 0.622. The minimum absolute atomic E-state index is 0.0239. The number of nitrogens with one attached hydrogen (secondary N) is 1. The highest BCUT2D eigenvalue weighted by molar-refractivity contribution is 14.1. The molecule has 1 aromatic rings. The van der Waals surface area contributed by atoms with Crippen LogP contribution in [0.4, 0.5) is 0 Å². The molecule has 0 radical (unpaired) electrons. The number of benzene rings is 1. The van der Waals surface area contributed by atoms with E-state index in [1.165, 1.54) is 0 Å². The lowest BCUT2D eigenvalue weighted by Crippen LogP contribution is -2.33. The van der Waals surface area contributed by atoms with Crippen LogP contribution in [0.1, 0.15) is 31.7 Å². The number of hydrogen-bond donors (Lipinski definition) is 1. The van der Waals surface area contributed by atoms with E-state index in [4.69, 9.17) is 0 Å². The third-order valence-electron chi connectivity index (χ3n) is 3.05. The summed E-state index contributed by atoms with van der Waals surface area (Å²) >= 11 is 2.27. The molecule has 0 heterocycles. The maximum atomic E-state index is 12.2. The van der Waals surface area contributed by atoms with Crippen LogP contribution in [-0.2, 0) is 4.79 Å². The summed E-state index contributed by atoms with van der Waals surface area (Å²) in [5.74, 6) is 0.498. The predicted molar refractivity (Wildman–Crippen MR) is 80.5 cm³/mol. The zero-order valence-corrected chi connectivity index (χ0v) is 12.6. The number of hydrogen-bond acceptors (Lipinski definition) is 1. The Balaban J connectivity index is 2.85. The van der Waals surface area contributed by atoms with Crippen molar-refractivity contribution in [2.45, 2.75) is 26.2 Å². The van der Waals surface area contributed by atoms with Gasteiger partial charge in [0, 0.05) is 11.0 Å². The Bertz CT molecular complexity index is 339. The summed E-state index contributed by atoms with van der Waals surface area (Å²) in [6, 6.07) is 10.1. The fourth-order valence-electron chi connectivity index (χ4n) is 1.91. The lowest BCUT2D eigenvalue weighted by molar-refractivity contribution is -0.123. The number of carbonyl (C=O) groups is 1. The van der Waals surface area contributed by atoms with E-state index in [0.29, 0.717) is 5.92 Å². The zero-order valence-electron chi connectivity index (χ0n) is 10.4. The topological polar surface area (TPSA) is 29.1 Å². The molecule has 2 atom stereocenters. The second kappa shape index (κ2) is 7.69. The summed E-state index contributed by atoms with van der Waals surface area (Å²) in [4.78, 5) is 12.2. The van der Waals surface area contributed by atoms with Crippen LogP contribution < -0.4 is 5.32 Å². The Morgan fingerprint density at radius 2 is 2.00 bits per heavy atom. The lowest BCUT2D eigenvalue weighted by atomic mass is 9.85. The summed E-state index contributed by atoms with van der Waals surface area (Å²) in [5, 5.41) is 3.00. The molecule has 0 aliphatic carbocycles. The fraction of sp³-hybridized carbons (Fsp3) is 0.500. The minimum atomic E-state index is -0.0239. The van der Waals surface area contributed by atoms with Gasteiger partial charge in [0.2, 0.25) is 5.91 Å². The van der Waals surface area contributed by atoms with E-state index in [1.807, 2.05) is 30.3 Å². The molecule has 17 heavy (non-hydrogen) atoms. The Kier molecular flexibility index (Phi) is 6.55. The summed E-state index contributed by atoms with van der Waals surface area (Å²) in [6.45, 7) is 5.02. The highest BCUT2D eigenvalue weighted by atomic mass is 127. The second-order valence-corrected chi connectivity index (χ2v) is 5.33. The van der Waals surface area contributed by atoms with Crippen LogP contribution in [-0.4, -0.2) is 16.9 Å². The molecule has 0 spiro atoms. The molecule has 94 valence electrons. The summed E-state index contributed by atoms with van der Waals surface area (Å²) in [5.41, 5.74) is 1.12. The van der Waals surface area contributed by atoms with Gasteiger partial charge in [-0.05, 0) is 11.5 Å². The maximum absolute atomic E-state index is 12.2. The Morgan fingerprint density at radius 1 is 1.35 bits per heavy atom. The van der Waals surface area contributed by atoms with E-state index in [0.717, 1.165) is 23.0 Å². The molecular formula is C14H20INO. The van der Waals surface area contributed by atoms with Crippen molar-refractivity contribution in [1.82, 2.24) is 5.32 Å². The third kappa shape index (κ3) is 4.30. The molecule has 2 nitrogen and oxygen atoms in total. The number of rotatable bonds is 6. The van der Waals surface area contributed by atoms with Gasteiger partial charge in [0.1, 0.15) is 0 Å². The zero-order chi connectivity index (χ0) is 12.7. The van der Waals surface area contributed by atoms with Gasteiger partial charge < -0.3 is 5.32 Å². The molecule has 0 aliphatic heterocycles. The molecule has 1 aromatic carbocycles. The normalized spacial score (nSPS) is 14.1. The molecule has 1 N–H and O–H groups in total. The van der Waals surface area contributed by atoms with Crippen LogP contribution in [0.25, 0.3) is 0 Å². The fourth-order valence-corrected chi connectivity index (χ4v) is 2.18. The van der Waals surface area contributed by atoms with Gasteiger partial charge in [-0.2, -0.15) is 0 Å². The minimum Gasteiger partial charge on any atom is -0.355 e. The Morgan fingerprint density at radius 3 is 2.53 bits per heavy atom. The van der Waals surface area contributed by atoms with Gasteiger partial charge in [0.15, 0.2) is 0 Å². The first kappa shape index (κ1) is 14.5. The Labute approximate surface area is 117 Å². The van der Waals surface area contributed by atoms with Crippen molar-refractivity contribution in [3.63, 3.8) is 0 Å². The van der Waals surface area contributed by atoms with Crippen molar-refractivity contribution in [1.29, 1.82) is 0 Å². The van der Waals surface area contributed by atoms with Crippen molar-refractivity contribution in [2.75, 3.05) is 11.0 Å². The molecule has 0 aromatic heterocycles.